The lowest BCUT2D eigenvalue weighted by Crippen LogP contribution is -2.43. The molecule has 0 aromatic rings. The molecule has 0 spiro atoms. The van der Waals surface area contributed by atoms with Gasteiger partial charge in [0.2, 0.25) is 10.0 Å². The molecule has 0 aliphatic heterocycles. The van der Waals surface area contributed by atoms with Crippen LogP contribution in [-0.4, -0.2) is 20.2 Å². The van der Waals surface area contributed by atoms with E-state index in [9.17, 15) is 8.42 Å². The highest BCUT2D eigenvalue weighted by Crippen LogP contribution is 2.13. The molecule has 0 saturated heterocycles. The van der Waals surface area contributed by atoms with E-state index in [0.717, 1.165) is 19.3 Å². The first-order valence-electron chi connectivity index (χ1n) is 6.30. The summed E-state index contributed by atoms with van der Waals surface area (Å²) in [5, 5.41) is 0. The van der Waals surface area contributed by atoms with Crippen LogP contribution >= 0.6 is 0 Å². The minimum absolute atomic E-state index is 0.0478. The zero-order valence-corrected chi connectivity index (χ0v) is 12.1. The van der Waals surface area contributed by atoms with Gasteiger partial charge in [-0.3, -0.25) is 0 Å². The van der Waals surface area contributed by atoms with Crippen molar-refractivity contribution < 1.29 is 8.42 Å². The van der Waals surface area contributed by atoms with Crippen LogP contribution in [0, 0.1) is 11.8 Å². The van der Waals surface area contributed by atoms with E-state index in [1.165, 1.54) is 0 Å². The summed E-state index contributed by atoms with van der Waals surface area (Å²) < 4.78 is 26.5. The second-order valence-electron chi connectivity index (χ2n) is 5.16. The van der Waals surface area contributed by atoms with E-state index >= 15 is 0 Å². The van der Waals surface area contributed by atoms with Crippen LogP contribution in [0.4, 0.5) is 0 Å². The number of nitrogens with one attached hydrogen (secondary N) is 1. The molecular weight excluding hydrogens is 222 g/mol. The molecule has 0 rings (SSSR count). The lowest BCUT2D eigenvalue weighted by molar-refractivity contribution is 0.355. The summed E-state index contributed by atoms with van der Waals surface area (Å²) in [5.74, 6) is 0.929. The first kappa shape index (κ1) is 15.9. The fraction of sp³-hybridized carbons (Fsp3) is 1.00. The number of sulfonamides is 1. The van der Waals surface area contributed by atoms with Gasteiger partial charge in [-0.1, -0.05) is 47.5 Å². The third kappa shape index (κ3) is 6.48. The molecule has 4 heteroatoms. The molecule has 3 nitrogen and oxygen atoms in total. The summed E-state index contributed by atoms with van der Waals surface area (Å²) in [4.78, 5) is 0. The van der Waals surface area contributed by atoms with Crippen molar-refractivity contribution in [1.82, 2.24) is 4.72 Å². The van der Waals surface area contributed by atoms with Crippen molar-refractivity contribution in [2.24, 2.45) is 11.8 Å². The van der Waals surface area contributed by atoms with Gasteiger partial charge in [-0.05, 0) is 18.3 Å². The summed E-state index contributed by atoms with van der Waals surface area (Å²) in [6.45, 7) is 10.3. The Morgan fingerprint density at radius 1 is 1.00 bits per heavy atom. The lowest BCUT2D eigenvalue weighted by atomic mass is 9.94. The molecule has 98 valence electrons. The first-order chi connectivity index (χ1) is 7.30. The van der Waals surface area contributed by atoms with Crippen molar-refractivity contribution in [3.63, 3.8) is 0 Å². The molecule has 0 unspecified atom stereocenters. The summed E-state index contributed by atoms with van der Waals surface area (Å²) in [6, 6.07) is 0.0478. The highest BCUT2D eigenvalue weighted by Gasteiger charge is 2.22. The Labute approximate surface area is 101 Å². The van der Waals surface area contributed by atoms with E-state index in [4.69, 9.17) is 0 Å². The lowest BCUT2D eigenvalue weighted by Gasteiger charge is -2.25. The fourth-order valence-electron chi connectivity index (χ4n) is 1.85. The highest BCUT2D eigenvalue weighted by molar-refractivity contribution is 7.89. The van der Waals surface area contributed by atoms with Crippen molar-refractivity contribution in [3.8, 4) is 0 Å². The van der Waals surface area contributed by atoms with Gasteiger partial charge in [0.25, 0.3) is 0 Å². The van der Waals surface area contributed by atoms with Crippen LogP contribution < -0.4 is 4.72 Å². The van der Waals surface area contributed by atoms with Crippen molar-refractivity contribution in [2.45, 2.75) is 59.9 Å². The van der Waals surface area contributed by atoms with Crippen molar-refractivity contribution in [2.75, 3.05) is 5.75 Å². The SMILES string of the molecule is CCCCCS(=O)(=O)NC(C(C)C)C(C)C. The van der Waals surface area contributed by atoms with Crippen molar-refractivity contribution >= 4 is 10.0 Å². The van der Waals surface area contributed by atoms with Gasteiger partial charge in [0.15, 0.2) is 0 Å². The third-order valence-electron chi connectivity index (χ3n) is 2.77. The molecule has 0 heterocycles. The molecule has 0 aromatic heterocycles. The van der Waals surface area contributed by atoms with Crippen LogP contribution in [-0.2, 0) is 10.0 Å². The number of hydrogen-bond acceptors (Lipinski definition) is 2. The van der Waals surface area contributed by atoms with E-state index in [-0.39, 0.29) is 11.8 Å². The van der Waals surface area contributed by atoms with Gasteiger partial charge in [-0.2, -0.15) is 0 Å². The molecule has 0 saturated carbocycles. The summed E-state index contributed by atoms with van der Waals surface area (Å²) >= 11 is 0. The summed E-state index contributed by atoms with van der Waals surface area (Å²) in [5.41, 5.74) is 0. The van der Waals surface area contributed by atoms with Gasteiger partial charge in [0, 0.05) is 6.04 Å². The molecule has 0 aliphatic rings. The average Bonchev–Trinajstić information content (AvgIpc) is 2.13. The van der Waals surface area contributed by atoms with E-state index in [2.05, 4.69) is 39.3 Å². The predicted octanol–water partition coefficient (Wildman–Crippen LogP) is 2.78. The molecule has 16 heavy (non-hydrogen) atoms. The van der Waals surface area contributed by atoms with E-state index in [1.54, 1.807) is 0 Å². The minimum atomic E-state index is -3.09. The highest BCUT2D eigenvalue weighted by atomic mass is 32.2. The fourth-order valence-corrected chi connectivity index (χ4v) is 3.51. The van der Waals surface area contributed by atoms with Crippen molar-refractivity contribution in [3.05, 3.63) is 0 Å². The monoisotopic (exact) mass is 249 g/mol. The molecule has 0 bridgehead atoms. The normalized spacial score (nSPS) is 13.0. The van der Waals surface area contributed by atoms with Crippen LogP contribution in [0.25, 0.3) is 0 Å². The van der Waals surface area contributed by atoms with E-state index in [1.807, 2.05) is 0 Å². The van der Waals surface area contributed by atoms with Gasteiger partial charge in [0.1, 0.15) is 0 Å². The Morgan fingerprint density at radius 3 is 1.88 bits per heavy atom. The van der Waals surface area contributed by atoms with Crippen LogP contribution in [0.2, 0.25) is 0 Å². The Morgan fingerprint density at radius 2 is 1.50 bits per heavy atom. The quantitative estimate of drug-likeness (QED) is 0.672. The van der Waals surface area contributed by atoms with E-state index in [0.29, 0.717) is 11.8 Å². The first-order valence-corrected chi connectivity index (χ1v) is 7.95. The average molecular weight is 249 g/mol. The van der Waals surface area contributed by atoms with Gasteiger partial charge in [0.05, 0.1) is 5.75 Å². The van der Waals surface area contributed by atoms with Gasteiger partial charge >= 0.3 is 0 Å². The number of rotatable bonds is 8. The largest absolute Gasteiger partial charge is 0.212 e. The topological polar surface area (TPSA) is 46.2 Å². The standard InChI is InChI=1S/C12H27NO2S/c1-6-7-8-9-16(14,15)13-12(10(2)3)11(4)5/h10-13H,6-9H2,1-5H3. The van der Waals surface area contributed by atoms with Crippen molar-refractivity contribution in [1.29, 1.82) is 0 Å². The Balaban J connectivity index is 4.31. The molecule has 1 N–H and O–H groups in total. The van der Waals surface area contributed by atoms with Gasteiger partial charge in [-0.25, -0.2) is 13.1 Å². The van der Waals surface area contributed by atoms with Gasteiger partial charge in [-0.15, -0.1) is 0 Å². The Hall–Kier alpha value is -0.0900. The minimum Gasteiger partial charge on any atom is -0.212 e. The molecule has 0 fully saturated rings. The van der Waals surface area contributed by atoms with Crippen LogP contribution in [0.3, 0.4) is 0 Å². The zero-order chi connectivity index (χ0) is 12.8. The molecule has 0 radical (unpaired) electrons. The third-order valence-corrected chi connectivity index (χ3v) is 4.23. The zero-order valence-electron chi connectivity index (χ0n) is 11.3. The van der Waals surface area contributed by atoms with Crippen LogP contribution in [0.5, 0.6) is 0 Å². The maximum atomic E-state index is 11.8. The van der Waals surface area contributed by atoms with E-state index < -0.39 is 10.0 Å². The second kappa shape index (κ2) is 7.28. The molecule has 0 amide bonds. The predicted molar refractivity (Wildman–Crippen MR) is 69.9 cm³/mol. The Kier molecular flexibility index (Phi) is 7.24. The number of unbranched alkanes of at least 4 members (excludes halogenated alkanes) is 2. The molecule has 0 aliphatic carbocycles. The Bertz CT molecular complexity index is 263. The smallest absolute Gasteiger partial charge is 0.211 e. The van der Waals surface area contributed by atoms with Crippen LogP contribution in [0.1, 0.15) is 53.9 Å². The second-order valence-corrected chi connectivity index (χ2v) is 7.03. The van der Waals surface area contributed by atoms with Gasteiger partial charge < -0.3 is 0 Å². The molecule has 0 aromatic carbocycles. The summed E-state index contributed by atoms with van der Waals surface area (Å²) in [6.07, 6.45) is 2.79. The number of hydrogen-bond donors (Lipinski definition) is 1. The maximum absolute atomic E-state index is 11.8. The molecular formula is C12H27NO2S. The molecule has 0 atom stereocenters. The maximum Gasteiger partial charge on any atom is 0.211 e. The van der Waals surface area contributed by atoms with Crippen LogP contribution in [0.15, 0.2) is 0 Å². The summed E-state index contributed by atoms with van der Waals surface area (Å²) in [7, 11) is -3.09.